The Hall–Kier alpha value is -1.81. The predicted molar refractivity (Wildman–Crippen MR) is 85.4 cm³/mol. The lowest BCUT2D eigenvalue weighted by molar-refractivity contribution is 0.242. The maximum absolute atomic E-state index is 5.67. The van der Waals surface area contributed by atoms with Gasteiger partial charge in [0.25, 0.3) is 0 Å². The van der Waals surface area contributed by atoms with Gasteiger partial charge in [-0.05, 0) is 45.4 Å². The van der Waals surface area contributed by atoms with Gasteiger partial charge in [0.1, 0.15) is 5.75 Å². The van der Waals surface area contributed by atoms with Crippen LogP contribution in [0.1, 0.15) is 45.0 Å². The van der Waals surface area contributed by atoms with E-state index in [1.807, 2.05) is 38.5 Å². The van der Waals surface area contributed by atoms with Crippen LogP contribution in [0.25, 0.3) is 0 Å². The SMILES string of the molecule is CCn1cncc1CNC(C)c1ccc(OC(C)C)cc1. The first-order valence-electron chi connectivity index (χ1n) is 7.59. The predicted octanol–water partition coefficient (Wildman–Crippen LogP) is 3.54. The minimum Gasteiger partial charge on any atom is -0.491 e. The Balaban J connectivity index is 1.92. The van der Waals surface area contributed by atoms with Gasteiger partial charge in [-0.2, -0.15) is 0 Å². The van der Waals surface area contributed by atoms with Crippen molar-refractivity contribution in [3.05, 3.63) is 48.0 Å². The van der Waals surface area contributed by atoms with Crippen LogP contribution < -0.4 is 10.1 Å². The third kappa shape index (κ3) is 4.33. The molecular weight excluding hydrogens is 262 g/mol. The van der Waals surface area contributed by atoms with Crippen molar-refractivity contribution in [3.8, 4) is 5.75 Å². The third-order valence-electron chi connectivity index (χ3n) is 3.48. The van der Waals surface area contributed by atoms with E-state index in [1.165, 1.54) is 11.3 Å². The zero-order valence-corrected chi connectivity index (χ0v) is 13.3. The number of hydrogen-bond donors (Lipinski definition) is 1. The molecule has 1 unspecified atom stereocenters. The van der Waals surface area contributed by atoms with E-state index >= 15 is 0 Å². The van der Waals surface area contributed by atoms with Crippen LogP contribution in [0.5, 0.6) is 5.75 Å². The molecule has 1 heterocycles. The first kappa shape index (κ1) is 15.6. The fourth-order valence-electron chi connectivity index (χ4n) is 2.26. The Bertz CT molecular complexity index is 545. The highest BCUT2D eigenvalue weighted by molar-refractivity contribution is 5.29. The number of nitrogens with one attached hydrogen (secondary N) is 1. The van der Waals surface area contributed by atoms with Gasteiger partial charge in [-0.1, -0.05) is 12.1 Å². The summed E-state index contributed by atoms with van der Waals surface area (Å²) in [5, 5.41) is 3.53. The number of rotatable bonds is 7. The van der Waals surface area contributed by atoms with Gasteiger partial charge in [0.15, 0.2) is 0 Å². The summed E-state index contributed by atoms with van der Waals surface area (Å²) in [5.41, 5.74) is 2.47. The number of ether oxygens (including phenoxy) is 1. The van der Waals surface area contributed by atoms with Gasteiger partial charge in [-0.25, -0.2) is 4.98 Å². The quantitative estimate of drug-likeness (QED) is 0.846. The maximum Gasteiger partial charge on any atom is 0.119 e. The van der Waals surface area contributed by atoms with E-state index in [0.717, 1.165) is 18.8 Å². The number of nitrogens with zero attached hydrogens (tertiary/aromatic N) is 2. The van der Waals surface area contributed by atoms with Crippen molar-refractivity contribution in [1.82, 2.24) is 14.9 Å². The highest BCUT2D eigenvalue weighted by atomic mass is 16.5. The average molecular weight is 287 g/mol. The van der Waals surface area contributed by atoms with E-state index in [2.05, 4.69) is 40.8 Å². The summed E-state index contributed by atoms with van der Waals surface area (Å²) in [6, 6.07) is 8.59. The number of aryl methyl sites for hydroxylation is 1. The van der Waals surface area contributed by atoms with Crippen LogP contribution in [0, 0.1) is 0 Å². The van der Waals surface area contributed by atoms with Crippen molar-refractivity contribution < 1.29 is 4.74 Å². The van der Waals surface area contributed by atoms with Gasteiger partial charge >= 0.3 is 0 Å². The van der Waals surface area contributed by atoms with Crippen LogP contribution in [0.4, 0.5) is 0 Å². The summed E-state index contributed by atoms with van der Waals surface area (Å²) < 4.78 is 7.82. The number of hydrogen-bond acceptors (Lipinski definition) is 3. The van der Waals surface area contributed by atoms with E-state index in [1.54, 1.807) is 0 Å². The van der Waals surface area contributed by atoms with Crippen molar-refractivity contribution in [1.29, 1.82) is 0 Å². The zero-order valence-electron chi connectivity index (χ0n) is 13.3. The molecular formula is C17H25N3O. The maximum atomic E-state index is 5.67. The fraction of sp³-hybridized carbons (Fsp3) is 0.471. The van der Waals surface area contributed by atoms with E-state index < -0.39 is 0 Å². The number of aromatic nitrogens is 2. The van der Waals surface area contributed by atoms with Gasteiger partial charge in [0, 0.05) is 25.3 Å². The molecule has 0 aliphatic heterocycles. The van der Waals surface area contributed by atoms with Gasteiger partial charge in [-0.3, -0.25) is 0 Å². The molecule has 0 saturated heterocycles. The minimum absolute atomic E-state index is 0.209. The molecule has 2 aromatic rings. The molecule has 1 aromatic heterocycles. The topological polar surface area (TPSA) is 39.1 Å². The van der Waals surface area contributed by atoms with Gasteiger partial charge < -0.3 is 14.6 Å². The summed E-state index contributed by atoms with van der Waals surface area (Å²) in [4.78, 5) is 4.19. The average Bonchev–Trinajstić information content (AvgIpc) is 2.92. The first-order chi connectivity index (χ1) is 10.1. The normalized spacial score (nSPS) is 12.6. The molecule has 0 saturated carbocycles. The molecule has 4 heteroatoms. The van der Waals surface area contributed by atoms with Gasteiger partial charge in [0.05, 0.1) is 18.1 Å². The van der Waals surface area contributed by atoms with Crippen LogP contribution in [0.3, 0.4) is 0 Å². The molecule has 114 valence electrons. The summed E-state index contributed by atoms with van der Waals surface area (Å²) in [6.07, 6.45) is 4.00. The molecule has 2 rings (SSSR count). The Kier molecular flexibility index (Phi) is 5.39. The molecule has 0 aliphatic carbocycles. The number of benzene rings is 1. The summed E-state index contributed by atoms with van der Waals surface area (Å²) in [5.74, 6) is 0.921. The second-order valence-electron chi connectivity index (χ2n) is 5.51. The van der Waals surface area contributed by atoms with Crippen LogP contribution in [0.15, 0.2) is 36.8 Å². The third-order valence-corrected chi connectivity index (χ3v) is 3.48. The molecule has 21 heavy (non-hydrogen) atoms. The zero-order chi connectivity index (χ0) is 15.2. The molecule has 0 amide bonds. The monoisotopic (exact) mass is 287 g/mol. The molecule has 1 N–H and O–H groups in total. The summed E-state index contributed by atoms with van der Waals surface area (Å²) in [7, 11) is 0. The largest absolute Gasteiger partial charge is 0.491 e. The lowest BCUT2D eigenvalue weighted by atomic mass is 10.1. The molecule has 0 bridgehead atoms. The molecule has 0 aliphatic rings. The van der Waals surface area contributed by atoms with E-state index in [0.29, 0.717) is 6.04 Å². The van der Waals surface area contributed by atoms with Crippen molar-refractivity contribution in [2.75, 3.05) is 0 Å². The standard InChI is InChI=1S/C17H25N3O/c1-5-20-12-18-10-16(20)11-19-14(4)15-6-8-17(9-7-15)21-13(2)3/h6-10,12-14,19H,5,11H2,1-4H3. The highest BCUT2D eigenvalue weighted by Gasteiger charge is 2.07. The van der Waals surface area contributed by atoms with Crippen molar-refractivity contribution >= 4 is 0 Å². The Morgan fingerprint density at radius 2 is 1.90 bits per heavy atom. The minimum atomic E-state index is 0.209. The van der Waals surface area contributed by atoms with E-state index in [-0.39, 0.29) is 6.10 Å². The van der Waals surface area contributed by atoms with Crippen molar-refractivity contribution in [3.63, 3.8) is 0 Å². The van der Waals surface area contributed by atoms with Gasteiger partial charge in [0.2, 0.25) is 0 Å². The van der Waals surface area contributed by atoms with Crippen molar-refractivity contribution in [2.24, 2.45) is 0 Å². The Labute approximate surface area is 127 Å². The second-order valence-corrected chi connectivity index (χ2v) is 5.51. The highest BCUT2D eigenvalue weighted by Crippen LogP contribution is 2.19. The lowest BCUT2D eigenvalue weighted by Crippen LogP contribution is -2.19. The molecule has 0 spiro atoms. The molecule has 0 fully saturated rings. The summed E-state index contributed by atoms with van der Waals surface area (Å²) >= 11 is 0. The molecule has 0 radical (unpaired) electrons. The molecule has 4 nitrogen and oxygen atoms in total. The van der Waals surface area contributed by atoms with Gasteiger partial charge in [-0.15, -0.1) is 0 Å². The Morgan fingerprint density at radius 3 is 2.52 bits per heavy atom. The number of imidazole rings is 1. The lowest BCUT2D eigenvalue weighted by Gasteiger charge is -2.16. The van der Waals surface area contributed by atoms with Crippen molar-refractivity contribution in [2.45, 2.75) is 52.9 Å². The van der Waals surface area contributed by atoms with Crippen LogP contribution in [0.2, 0.25) is 0 Å². The van der Waals surface area contributed by atoms with E-state index in [9.17, 15) is 0 Å². The summed E-state index contributed by atoms with van der Waals surface area (Å²) in [6.45, 7) is 10.1. The molecule has 1 aromatic carbocycles. The second kappa shape index (κ2) is 7.27. The van der Waals surface area contributed by atoms with E-state index in [4.69, 9.17) is 4.74 Å². The first-order valence-corrected chi connectivity index (χ1v) is 7.59. The fourth-order valence-corrected chi connectivity index (χ4v) is 2.26. The van der Waals surface area contributed by atoms with Crippen LogP contribution in [-0.2, 0) is 13.1 Å². The van der Waals surface area contributed by atoms with Crippen LogP contribution >= 0.6 is 0 Å². The Morgan fingerprint density at radius 1 is 1.19 bits per heavy atom. The smallest absolute Gasteiger partial charge is 0.119 e. The molecule has 1 atom stereocenters. The van der Waals surface area contributed by atoms with Crippen LogP contribution in [-0.4, -0.2) is 15.7 Å².